The number of aryl methyl sites for hydroxylation is 1. The number of nitrogens with zero attached hydrogens (tertiary/aromatic N) is 2. The molecule has 3 aromatic rings. The summed E-state index contributed by atoms with van der Waals surface area (Å²) >= 11 is 0.723. The predicted octanol–water partition coefficient (Wildman–Crippen LogP) is 3.15. The first-order valence-electron chi connectivity index (χ1n) is 11.2. The van der Waals surface area contributed by atoms with E-state index in [-0.39, 0.29) is 28.8 Å². The Morgan fingerprint density at radius 3 is 2.53 bits per heavy atom. The summed E-state index contributed by atoms with van der Waals surface area (Å²) in [5, 5.41) is 2.99. The standard InChI is InChI=1S/C24H27N5O6S/c1-5-24(3,4)27-22(31)19(15-8-6-12(2)35-15)29(13-7-9-14-16(10-13)34-11-33-14)23(32)20-17(25)18(21(26)30)28-36-20/h6-10,19H,5,11,25H2,1-4H3,(H2,26,30)(H,27,31). The number of hydrogen-bond acceptors (Lipinski definition) is 9. The van der Waals surface area contributed by atoms with Gasteiger partial charge in [-0.05, 0) is 63.0 Å². The summed E-state index contributed by atoms with van der Waals surface area (Å²) in [4.78, 5) is 40.7. The lowest BCUT2D eigenvalue weighted by atomic mass is 10.0. The summed E-state index contributed by atoms with van der Waals surface area (Å²) in [5.41, 5.74) is 10.8. The van der Waals surface area contributed by atoms with E-state index in [0.29, 0.717) is 29.4 Å². The number of nitrogen functional groups attached to an aromatic ring is 1. The number of nitrogens with one attached hydrogen (secondary N) is 1. The number of benzene rings is 1. The maximum absolute atomic E-state index is 14.0. The fraction of sp³-hybridized carbons (Fsp3) is 0.333. The van der Waals surface area contributed by atoms with Gasteiger partial charge < -0.3 is 30.7 Å². The van der Waals surface area contributed by atoms with Gasteiger partial charge in [-0.2, -0.15) is 4.37 Å². The van der Waals surface area contributed by atoms with Crippen LogP contribution >= 0.6 is 11.5 Å². The third-order valence-corrected chi connectivity index (χ3v) is 6.74. The quantitative estimate of drug-likeness (QED) is 0.413. The smallest absolute Gasteiger partial charge is 0.273 e. The van der Waals surface area contributed by atoms with E-state index in [1.54, 1.807) is 37.3 Å². The zero-order valence-corrected chi connectivity index (χ0v) is 21.1. The number of fused-ring (bicyclic) bond motifs is 1. The van der Waals surface area contributed by atoms with Gasteiger partial charge in [0, 0.05) is 17.3 Å². The second-order valence-corrected chi connectivity index (χ2v) is 9.70. The minimum absolute atomic E-state index is 0.0302. The van der Waals surface area contributed by atoms with Crippen LogP contribution < -0.4 is 31.2 Å². The molecule has 36 heavy (non-hydrogen) atoms. The van der Waals surface area contributed by atoms with Crippen LogP contribution in [0.4, 0.5) is 11.4 Å². The van der Waals surface area contributed by atoms with E-state index in [1.165, 1.54) is 4.90 Å². The first-order chi connectivity index (χ1) is 17.0. The molecule has 1 atom stereocenters. The molecule has 1 aromatic carbocycles. The molecule has 12 heteroatoms. The van der Waals surface area contributed by atoms with Gasteiger partial charge in [-0.25, -0.2) is 0 Å². The molecule has 0 fully saturated rings. The van der Waals surface area contributed by atoms with Crippen molar-refractivity contribution in [3.63, 3.8) is 0 Å². The third kappa shape index (κ3) is 4.71. The van der Waals surface area contributed by atoms with E-state index in [0.717, 1.165) is 11.5 Å². The zero-order chi connectivity index (χ0) is 26.2. The number of hydrogen-bond donors (Lipinski definition) is 3. The van der Waals surface area contributed by atoms with Gasteiger partial charge in [0.2, 0.25) is 6.79 Å². The Labute approximate surface area is 211 Å². The molecule has 1 unspecified atom stereocenters. The summed E-state index contributed by atoms with van der Waals surface area (Å²) in [6.45, 7) is 7.46. The summed E-state index contributed by atoms with van der Waals surface area (Å²) in [6, 6.07) is 6.97. The Balaban J connectivity index is 1.89. The Morgan fingerprint density at radius 2 is 1.92 bits per heavy atom. The van der Waals surface area contributed by atoms with Gasteiger partial charge in [0.25, 0.3) is 17.7 Å². The van der Waals surface area contributed by atoms with Crippen LogP contribution in [0, 0.1) is 6.92 Å². The Bertz CT molecular complexity index is 1330. The molecule has 2 aromatic heterocycles. The van der Waals surface area contributed by atoms with Crippen LogP contribution in [-0.4, -0.2) is 34.4 Å². The van der Waals surface area contributed by atoms with Crippen LogP contribution in [0.2, 0.25) is 0 Å². The molecule has 3 heterocycles. The fourth-order valence-electron chi connectivity index (χ4n) is 3.62. The highest BCUT2D eigenvalue weighted by Crippen LogP contribution is 2.40. The lowest BCUT2D eigenvalue weighted by Crippen LogP contribution is -2.50. The molecular formula is C24H27N5O6S. The number of anilines is 2. The third-order valence-electron chi connectivity index (χ3n) is 5.89. The van der Waals surface area contributed by atoms with Crippen molar-refractivity contribution < 1.29 is 28.3 Å². The zero-order valence-electron chi connectivity index (χ0n) is 20.3. The van der Waals surface area contributed by atoms with Crippen LogP contribution in [0.3, 0.4) is 0 Å². The minimum atomic E-state index is -1.23. The van der Waals surface area contributed by atoms with Crippen molar-refractivity contribution in [1.82, 2.24) is 9.69 Å². The fourth-order valence-corrected chi connectivity index (χ4v) is 4.36. The van der Waals surface area contributed by atoms with Crippen LogP contribution in [0.5, 0.6) is 11.5 Å². The second-order valence-electron chi connectivity index (χ2n) is 8.93. The van der Waals surface area contributed by atoms with Crippen LogP contribution in [0.1, 0.15) is 64.9 Å². The summed E-state index contributed by atoms with van der Waals surface area (Å²) in [7, 11) is 0. The molecule has 0 aliphatic carbocycles. The van der Waals surface area contributed by atoms with E-state index < -0.39 is 29.3 Å². The summed E-state index contributed by atoms with van der Waals surface area (Å²) in [6.07, 6.45) is 0.643. The number of carbonyl (C=O) groups excluding carboxylic acids is 3. The highest BCUT2D eigenvalue weighted by molar-refractivity contribution is 7.09. The van der Waals surface area contributed by atoms with Crippen molar-refractivity contribution in [3.8, 4) is 11.5 Å². The molecule has 4 rings (SSSR count). The van der Waals surface area contributed by atoms with Crippen molar-refractivity contribution >= 4 is 40.6 Å². The molecular weight excluding hydrogens is 486 g/mol. The SMILES string of the molecule is CCC(C)(C)NC(=O)C(c1ccc(C)o1)N(C(=O)c1snc(C(N)=O)c1N)c1ccc2c(c1)OCO2. The molecule has 0 spiro atoms. The predicted molar refractivity (Wildman–Crippen MR) is 133 cm³/mol. The van der Waals surface area contributed by atoms with Crippen molar-refractivity contribution in [2.45, 2.75) is 45.7 Å². The number of furan rings is 1. The van der Waals surface area contributed by atoms with Crippen molar-refractivity contribution in [2.24, 2.45) is 5.73 Å². The number of primary amides is 1. The Hall–Kier alpha value is -4.06. The molecule has 3 amide bonds. The number of aromatic nitrogens is 1. The number of amides is 3. The van der Waals surface area contributed by atoms with Gasteiger partial charge in [0.05, 0.1) is 5.69 Å². The average Bonchev–Trinajstić information content (AvgIpc) is 3.55. The molecule has 11 nitrogen and oxygen atoms in total. The molecule has 0 radical (unpaired) electrons. The normalized spacial score (nSPS) is 13.3. The topological polar surface area (TPSA) is 163 Å². The molecule has 190 valence electrons. The van der Waals surface area contributed by atoms with Crippen molar-refractivity contribution in [2.75, 3.05) is 17.4 Å². The van der Waals surface area contributed by atoms with E-state index in [4.69, 9.17) is 25.4 Å². The van der Waals surface area contributed by atoms with Gasteiger partial charge in [-0.3, -0.25) is 19.3 Å². The van der Waals surface area contributed by atoms with Gasteiger partial charge in [0.15, 0.2) is 23.2 Å². The lowest BCUT2D eigenvalue weighted by Gasteiger charge is -2.33. The number of carbonyl (C=O) groups is 3. The number of rotatable bonds is 8. The van der Waals surface area contributed by atoms with E-state index in [2.05, 4.69) is 9.69 Å². The molecule has 5 N–H and O–H groups in total. The maximum Gasteiger partial charge on any atom is 0.273 e. The minimum Gasteiger partial charge on any atom is -0.464 e. The average molecular weight is 514 g/mol. The van der Waals surface area contributed by atoms with Gasteiger partial charge in [0.1, 0.15) is 16.4 Å². The Kier molecular flexibility index (Phi) is 6.63. The van der Waals surface area contributed by atoms with E-state index in [1.807, 2.05) is 20.8 Å². The van der Waals surface area contributed by atoms with Gasteiger partial charge in [-0.1, -0.05) is 6.92 Å². The highest BCUT2D eigenvalue weighted by Gasteiger charge is 2.39. The molecule has 1 aliphatic heterocycles. The first-order valence-corrected chi connectivity index (χ1v) is 12.0. The van der Waals surface area contributed by atoms with Crippen LogP contribution in [-0.2, 0) is 4.79 Å². The monoisotopic (exact) mass is 513 g/mol. The number of nitrogens with two attached hydrogens (primary N) is 2. The molecule has 0 saturated carbocycles. The summed E-state index contributed by atoms with van der Waals surface area (Å²) < 4.78 is 20.7. The van der Waals surface area contributed by atoms with Gasteiger partial charge in [-0.15, -0.1) is 0 Å². The van der Waals surface area contributed by atoms with Crippen molar-refractivity contribution in [1.29, 1.82) is 0 Å². The van der Waals surface area contributed by atoms with Crippen LogP contribution in [0.15, 0.2) is 34.7 Å². The van der Waals surface area contributed by atoms with Crippen molar-refractivity contribution in [3.05, 3.63) is 52.4 Å². The van der Waals surface area contributed by atoms with E-state index >= 15 is 0 Å². The second kappa shape index (κ2) is 9.53. The lowest BCUT2D eigenvalue weighted by molar-refractivity contribution is -0.124. The van der Waals surface area contributed by atoms with E-state index in [9.17, 15) is 14.4 Å². The maximum atomic E-state index is 14.0. The first kappa shape index (κ1) is 25.0. The van der Waals surface area contributed by atoms with Crippen LogP contribution in [0.25, 0.3) is 0 Å². The molecule has 0 bridgehead atoms. The summed E-state index contributed by atoms with van der Waals surface area (Å²) in [5.74, 6) is -0.297. The molecule has 1 aliphatic rings. The highest BCUT2D eigenvalue weighted by atomic mass is 32.1. The van der Waals surface area contributed by atoms with Gasteiger partial charge >= 0.3 is 0 Å². The molecule has 0 saturated heterocycles. The number of ether oxygens (including phenoxy) is 2. The largest absolute Gasteiger partial charge is 0.464 e. The Morgan fingerprint density at radius 1 is 1.19 bits per heavy atom.